The molecule has 0 aliphatic heterocycles. The van der Waals surface area contributed by atoms with Crippen LogP contribution < -0.4 is 5.32 Å². The van der Waals surface area contributed by atoms with Crippen LogP contribution in [0.4, 0.5) is 4.79 Å². The van der Waals surface area contributed by atoms with E-state index in [9.17, 15) is 9.59 Å². The largest absolute Gasteiger partial charge is 0.469 e. The zero-order chi connectivity index (χ0) is 17.3. The van der Waals surface area contributed by atoms with Gasteiger partial charge in [0.2, 0.25) is 0 Å². The van der Waals surface area contributed by atoms with Gasteiger partial charge in [-0.05, 0) is 32.9 Å². The van der Waals surface area contributed by atoms with Crippen LogP contribution in [0.1, 0.15) is 32.8 Å². The van der Waals surface area contributed by atoms with Gasteiger partial charge in [0.05, 0.1) is 13.5 Å². The second-order valence-corrected chi connectivity index (χ2v) is 6.00. The lowest BCUT2D eigenvalue weighted by Crippen LogP contribution is -2.35. The van der Waals surface area contributed by atoms with Gasteiger partial charge in [-0.15, -0.1) is 0 Å². The van der Waals surface area contributed by atoms with Crippen molar-refractivity contribution in [1.29, 1.82) is 0 Å². The smallest absolute Gasteiger partial charge is 0.407 e. The number of hydrogen-bond acceptors (Lipinski definition) is 4. The van der Waals surface area contributed by atoms with Crippen LogP contribution in [0, 0.1) is 17.8 Å². The molecule has 1 rings (SSSR count). The molecule has 0 saturated heterocycles. The Hall–Kier alpha value is -2.48. The Balaban J connectivity index is 2.68. The van der Waals surface area contributed by atoms with Crippen LogP contribution in [0.3, 0.4) is 0 Å². The predicted molar refractivity (Wildman–Crippen MR) is 87.7 cm³/mol. The number of carbonyl (C=O) groups is 2. The number of ether oxygens (including phenoxy) is 2. The van der Waals surface area contributed by atoms with E-state index in [0.29, 0.717) is 0 Å². The molecule has 1 aromatic carbocycles. The van der Waals surface area contributed by atoms with E-state index in [0.717, 1.165) is 5.56 Å². The maximum atomic E-state index is 11.7. The average Bonchev–Trinajstić information content (AvgIpc) is 2.49. The molecule has 0 aliphatic rings. The van der Waals surface area contributed by atoms with E-state index in [2.05, 4.69) is 21.9 Å². The fourth-order valence-corrected chi connectivity index (χ4v) is 1.69. The summed E-state index contributed by atoms with van der Waals surface area (Å²) < 4.78 is 9.84. The maximum Gasteiger partial charge on any atom is 0.407 e. The molecule has 0 aliphatic carbocycles. The third-order valence-electron chi connectivity index (χ3n) is 2.73. The number of benzene rings is 1. The van der Waals surface area contributed by atoms with E-state index >= 15 is 0 Å². The molecule has 0 fully saturated rings. The van der Waals surface area contributed by atoms with Crippen LogP contribution in [-0.4, -0.2) is 31.3 Å². The van der Waals surface area contributed by atoms with Crippen molar-refractivity contribution in [2.24, 2.45) is 5.92 Å². The minimum absolute atomic E-state index is 0.103. The Kier molecular flexibility index (Phi) is 7.14. The molecule has 23 heavy (non-hydrogen) atoms. The number of amides is 1. The van der Waals surface area contributed by atoms with Crippen molar-refractivity contribution in [1.82, 2.24) is 5.32 Å². The molecular weight excluding hydrogens is 294 g/mol. The summed E-state index contributed by atoms with van der Waals surface area (Å²) in [6.45, 7) is 5.57. The quantitative estimate of drug-likeness (QED) is 0.685. The van der Waals surface area contributed by atoms with Gasteiger partial charge in [-0.1, -0.05) is 30.0 Å². The molecule has 0 radical (unpaired) electrons. The number of alkyl carbamates (subject to hydrolysis) is 1. The number of esters is 1. The molecule has 5 heteroatoms. The minimum Gasteiger partial charge on any atom is -0.469 e. The first-order valence-corrected chi connectivity index (χ1v) is 7.40. The Morgan fingerprint density at radius 3 is 2.43 bits per heavy atom. The van der Waals surface area contributed by atoms with Crippen LogP contribution in [0.2, 0.25) is 0 Å². The molecule has 0 heterocycles. The van der Waals surface area contributed by atoms with E-state index in [4.69, 9.17) is 4.74 Å². The topological polar surface area (TPSA) is 64.6 Å². The number of rotatable bonds is 4. The van der Waals surface area contributed by atoms with Crippen molar-refractivity contribution in [2.75, 3.05) is 13.7 Å². The van der Waals surface area contributed by atoms with Crippen LogP contribution in [0.15, 0.2) is 30.3 Å². The van der Waals surface area contributed by atoms with Crippen LogP contribution in [0.5, 0.6) is 0 Å². The van der Waals surface area contributed by atoms with E-state index in [-0.39, 0.29) is 24.9 Å². The number of methoxy groups -OCH3 is 1. The maximum absolute atomic E-state index is 11.7. The molecule has 1 N–H and O–H groups in total. The van der Waals surface area contributed by atoms with Gasteiger partial charge in [0.15, 0.2) is 0 Å². The third kappa shape index (κ3) is 8.52. The molecule has 0 saturated carbocycles. The van der Waals surface area contributed by atoms with Crippen LogP contribution in [-0.2, 0) is 14.3 Å². The molecule has 1 atom stereocenters. The summed E-state index contributed by atoms with van der Waals surface area (Å²) in [6, 6.07) is 9.44. The van der Waals surface area contributed by atoms with Gasteiger partial charge in [0.25, 0.3) is 0 Å². The summed E-state index contributed by atoms with van der Waals surface area (Å²) in [5.41, 5.74) is 0.275. The molecule has 1 amide bonds. The first kappa shape index (κ1) is 18.6. The molecule has 0 aromatic heterocycles. The summed E-state index contributed by atoms with van der Waals surface area (Å²) in [4.78, 5) is 23.2. The molecule has 0 unspecified atom stereocenters. The van der Waals surface area contributed by atoms with Crippen LogP contribution in [0.25, 0.3) is 0 Å². The van der Waals surface area contributed by atoms with Crippen molar-refractivity contribution < 1.29 is 19.1 Å². The zero-order valence-electron chi connectivity index (χ0n) is 14.0. The summed E-state index contributed by atoms with van der Waals surface area (Å²) in [7, 11) is 1.32. The predicted octanol–water partition coefficient (Wildman–Crippen LogP) is 2.74. The first-order valence-electron chi connectivity index (χ1n) is 7.40. The van der Waals surface area contributed by atoms with Gasteiger partial charge < -0.3 is 14.8 Å². The van der Waals surface area contributed by atoms with Crippen molar-refractivity contribution >= 4 is 12.1 Å². The van der Waals surface area contributed by atoms with Gasteiger partial charge >= 0.3 is 12.1 Å². The lowest BCUT2D eigenvalue weighted by Gasteiger charge is -2.20. The highest BCUT2D eigenvalue weighted by Crippen LogP contribution is 2.08. The number of carbonyl (C=O) groups excluding carboxylic acids is 2. The van der Waals surface area contributed by atoms with E-state index < -0.39 is 11.7 Å². The van der Waals surface area contributed by atoms with Crippen molar-refractivity contribution in [2.45, 2.75) is 32.8 Å². The lowest BCUT2D eigenvalue weighted by atomic mass is 10.1. The fraction of sp³-hybridized carbons (Fsp3) is 0.444. The normalized spacial score (nSPS) is 11.7. The SMILES string of the molecule is COC(=O)C[C@@H](C#Cc1ccccc1)CNC(=O)OC(C)(C)C. The molecule has 1 aromatic rings. The highest BCUT2D eigenvalue weighted by Gasteiger charge is 2.18. The second kappa shape index (κ2) is 8.84. The fourth-order valence-electron chi connectivity index (χ4n) is 1.69. The Morgan fingerprint density at radius 1 is 1.22 bits per heavy atom. The first-order chi connectivity index (χ1) is 10.8. The zero-order valence-corrected chi connectivity index (χ0v) is 14.0. The summed E-state index contributed by atoms with van der Waals surface area (Å²) >= 11 is 0. The lowest BCUT2D eigenvalue weighted by molar-refractivity contribution is -0.141. The number of hydrogen-bond donors (Lipinski definition) is 1. The van der Waals surface area contributed by atoms with E-state index in [1.54, 1.807) is 20.8 Å². The third-order valence-corrected chi connectivity index (χ3v) is 2.73. The summed E-state index contributed by atoms with van der Waals surface area (Å²) in [5, 5.41) is 2.63. The van der Waals surface area contributed by atoms with Gasteiger partial charge in [-0.3, -0.25) is 4.79 Å². The van der Waals surface area contributed by atoms with Gasteiger partial charge in [0.1, 0.15) is 5.60 Å². The summed E-state index contributed by atoms with van der Waals surface area (Å²) in [6.07, 6.45) is -0.430. The number of nitrogens with one attached hydrogen (secondary N) is 1. The molecule has 0 spiro atoms. The standard InChI is InChI=1S/C18H23NO4/c1-18(2,3)23-17(21)19-13-15(12-16(20)22-4)11-10-14-8-6-5-7-9-14/h5-9,15H,12-13H2,1-4H3,(H,19,21)/t15-/m1/s1. The highest BCUT2D eigenvalue weighted by molar-refractivity contribution is 5.71. The Labute approximate surface area is 137 Å². The molecule has 0 bridgehead atoms. The second-order valence-electron chi connectivity index (χ2n) is 6.00. The van der Waals surface area contributed by atoms with Crippen molar-refractivity contribution in [3.8, 4) is 11.8 Å². The van der Waals surface area contributed by atoms with Gasteiger partial charge in [0, 0.05) is 18.0 Å². The van der Waals surface area contributed by atoms with Crippen LogP contribution >= 0.6 is 0 Å². The monoisotopic (exact) mass is 317 g/mol. The van der Waals surface area contributed by atoms with Gasteiger partial charge in [-0.25, -0.2) is 4.79 Å². The highest BCUT2D eigenvalue weighted by atomic mass is 16.6. The minimum atomic E-state index is -0.572. The summed E-state index contributed by atoms with van der Waals surface area (Å²) in [5.74, 6) is 5.27. The molecule has 124 valence electrons. The van der Waals surface area contributed by atoms with Gasteiger partial charge in [-0.2, -0.15) is 0 Å². The Bertz CT molecular complexity index is 579. The average molecular weight is 317 g/mol. The van der Waals surface area contributed by atoms with Crippen molar-refractivity contribution in [3.05, 3.63) is 35.9 Å². The van der Waals surface area contributed by atoms with E-state index in [1.807, 2.05) is 30.3 Å². The van der Waals surface area contributed by atoms with E-state index in [1.165, 1.54) is 7.11 Å². The van der Waals surface area contributed by atoms with Crippen molar-refractivity contribution in [3.63, 3.8) is 0 Å². The molecular formula is C18H23NO4. The Morgan fingerprint density at radius 2 is 1.87 bits per heavy atom. The molecule has 5 nitrogen and oxygen atoms in total.